The van der Waals surface area contributed by atoms with Crippen LogP contribution in [0.2, 0.25) is 0 Å². The number of hydrogen-bond donors (Lipinski definition) is 0. The van der Waals surface area contributed by atoms with E-state index < -0.39 is 0 Å². The van der Waals surface area contributed by atoms with Gasteiger partial charge in [-0.15, -0.1) is 0 Å². The quantitative estimate of drug-likeness (QED) is 0.811. The molecule has 0 aliphatic carbocycles. The molecule has 0 amide bonds. The first kappa shape index (κ1) is 18.1. The highest BCUT2D eigenvalue weighted by molar-refractivity contribution is 5.92. The van der Waals surface area contributed by atoms with E-state index in [1.54, 1.807) is 6.33 Å². The van der Waals surface area contributed by atoms with Crippen LogP contribution in [0.1, 0.15) is 32.1 Å². The molecule has 0 bridgehead atoms. The van der Waals surface area contributed by atoms with Crippen LogP contribution in [-0.4, -0.2) is 73.4 Å². The molecule has 6 nitrogen and oxygen atoms in total. The lowest BCUT2D eigenvalue weighted by atomic mass is 10.1. The van der Waals surface area contributed by atoms with Crippen molar-refractivity contribution >= 4 is 22.4 Å². The molecule has 28 heavy (non-hydrogen) atoms. The van der Waals surface area contributed by atoms with Crippen LogP contribution in [0.5, 0.6) is 0 Å². The Morgan fingerprint density at radius 2 is 1.75 bits per heavy atom. The second-order valence-electron chi connectivity index (χ2n) is 8.37. The Labute approximate surface area is 167 Å². The molecule has 5 rings (SSSR count). The number of benzene rings is 1. The van der Waals surface area contributed by atoms with Gasteiger partial charge in [-0.1, -0.05) is 0 Å². The van der Waals surface area contributed by atoms with E-state index in [1.165, 1.54) is 43.2 Å². The Balaban J connectivity index is 1.28. The molecule has 3 fully saturated rings. The zero-order valence-corrected chi connectivity index (χ0v) is 16.7. The first-order valence-corrected chi connectivity index (χ1v) is 11.0. The summed E-state index contributed by atoms with van der Waals surface area (Å²) >= 11 is 0. The lowest BCUT2D eigenvalue weighted by Crippen LogP contribution is -2.49. The van der Waals surface area contributed by atoms with Gasteiger partial charge in [0.2, 0.25) is 0 Å². The molecule has 150 valence electrons. The average Bonchev–Trinajstić information content (AvgIpc) is 3.29. The van der Waals surface area contributed by atoms with Crippen LogP contribution in [0.25, 0.3) is 10.9 Å². The van der Waals surface area contributed by atoms with Crippen molar-refractivity contribution in [1.29, 1.82) is 0 Å². The standard InChI is InChI=1S/C22H31N5O/c1-4-14-28-19(5-1)16-25-10-12-26(13-11-25)18-6-7-21-20(15-18)22(24-17-23-21)27-8-2-3-9-27/h6-7,15,17,19H,1-5,8-14,16H2. The molecule has 4 heterocycles. The van der Waals surface area contributed by atoms with Gasteiger partial charge in [0.05, 0.1) is 11.6 Å². The van der Waals surface area contributed by atoms with Crippen LogP contribution >= 0.6 is 0 Å². The largest absolute Gasteiger partial charge is 0.377 e. The Morgan fingerprint density at radius 3 is 2.54 bits per heavy atom. The number of anilines is 2. The molecule has 3 saturated heterocycles. The van der Waals surface area contributed by atoms with Gasteiger partial charge in [0, 0.05) is 63.5 Å². The van der Waals surface area contributed by atoms with E-state index in [-0.39, 0.29) is 0 Å². The van der Waals surface area contributed by atoms with Gasteiger partial charge < -0.3 is 14.5 Å². The third-order valence-electron chi connectivity index (χ3n) is 6.48. The minimum atomic E-state index is 0.445. The molecule has 2 aromatic rings. The normalized spacial score (nSPS) is 24.2. The zero-order valence-electron chi connectivity index (χ0n) is 16.7. The van der Waals surface area contributed by atoms with Crippen molar-refractivity contribution in [2.45, 2.75) is 38.2 Å². The minimum absolute atomic E-state index is 0.445. The fourth-order valence-corrected chi connectivity index (χ4v) is 4.84. The van der Waals surface area contributed by atoms with Crippen LogP contribution in [-0.2, 0) is 4.74 Å². The van der Waals surface area contributed by atoms with Crippen molar-refractivity contribution in [2.75, 3.05) is 62.2 Å². The Bertz CT molecular complexity index is 793. The molecule has 6 heteroatoms. The Hall–Kier alpha value is -1.92. The van der Waals surface area contributed by atoms with E-state index >= 15 is 0 Å². The molecule has 3 aliphatic heterocycles. The van der Waals surface area contributed by atoms with Crippen molar-refractivity contribution in [3.8, 4) is 0 Å². The van der Waals surface area contributed by atoms with Crippen molar-refractivity contribution in [2.24, 2.45) is 0 Å². The maximum absolute atomic E-state index is 5.93. The number of rotatable bonds is 4. The molecule has 1 aromatic carbocycles. The van der Waals surface area contributed by atoms with Gasteiger partial charge in [-0.25, -0.2) is 9.97 Å². The van der Waals surface area contributed by atoms with Gasteiger partial charge in [-0.05, 0) is 50.3 Å². The molecule has 0 N–H and O–H groups in total. The topological polar surface area (TPSA) is 44.7 Å². The summed E-state index contributed by atoms with van der Waals surface area (Å²) < 4.78 is 5.93. The summed E-state index contributed by atoms with van der Waals surface area (Å²) in [5.41, 5.74) is 2.35. The molecular weight excluding hydrogens is 350 g/mol. The monoisotopic (exact) mass is 381 g/mol. The molecule has 1 atom stereocenters. The van der Waals surface area contributed by atoms with E-state index in [0.717, 1.165) is 63.8 Å². The van der Waals surface area contributed by atoms with Crippen molar-refractivity contribution < 1.29 is 4.74 Å². The number of piperazine rings is 1. The lowest BCUT2D eigenvalue weighted by molar-refractivity contribution is -0.00644. The average molecular weight is 382 g/mol. The highest BCUT2D eigenvalue weighted by Gasteiger charge is 2.23. The first-order valence-electron chi connectivity index (χ1n) is 11.0. The first-order chi connectivity index (χ1) is 13.9. The van der Waals surface area contributed by atoms with Crippen LogP contribution in [0.3, 0.4) is 0 Å². The van der Waals surface area contributed by atoms with E-state index in [1.807, 2.05) is 0 Å². The summed E-state index contributed by atoms with van der Waals surface area (Å²) in [6.45, 7) is 8.64. The van der Waals surface area contributed by atoms with Crippen LogP contribution in [0, 0.1) is 0 Å². The van der Waals surface area contributed by atoms with Crippen LogP contribution < -0.4 is 9.80 Å². The highest BCUT2D eigenvalue weighted by atomic mass is 16.5. The van der Waals surface area contributed by atoms with Gasteiger partial charge in [0.15, 0.2) is 0 Å². The van der Waals surface area contributed by atoms with Gasteiger partial charge in [0.25, 0.3) is 0 Å². The number of aromatic nitrogens is 2. The summed E-state index contributed by atoms with van der Waals surface area (Å²) in [6.07, 6.45) is 8.46. The van der Waals surface area contributed by atoms with Gasteiger partial charge in [0.1, 0.15) is 12.1 Å². The minimum Gasteiger partial charge on any atom is -0.377 e. The predicted molar refractivity (Wildman–Crippen MR) is 113 cm³/mol. The molecule has 0 saturated carbocycles. The fraction of sp³-hybridized carbons (Fsp3) is 0.636. The van der Waals surface area contributed by atoms with E-state index in [0.29, 0.717) is 6.10 Å². The van der Waals surface area contributed by atoms with E-state index in [4.69, 9.17) is 4.74 Å². The Kier molecular flexibility index (Phi) is 5.32. The maximum atomic E-state index is 5.93. The Morgan fingerprint density at radius 1 is 0.893 bits per heavy atom. The van der Waals surface area contributed by atoms with Crippen molar-refractivity contribution in [3.63, 3.8) is 0 Å². The van der Waals surface area contributed by atoms with Gasteiger partial charge in [-0.2, -0.15) is 0 Å². The van der Waals surface area contributed by atoms with E-state index in [2.05, 4.69) is 42.9 Å². The van der Waals surface area contributed by atoms with Gasteiger partial charge >= 0.3 is 0 Å². The number of ether oxygens (including phenoxy) is 1. The summed E-state index contributed by atoms with van der Waals surface area (Å²) in [7, 11) is 0. The van der Waals surface area contributed by atoms with Gasteiger partial charge in [-0.3, -0.25) is 4.90 Å². The summed E-state index contributed by atoms with van der Waals surface area (Å²) in [5, 5.41) is 1.19. The van der Waals surface area contributed by atoms with Crippen molar-refractivity contribution in [1.82, 2.24) is 14.9 Å². The number of hydrogen-bond acceptors (Lipinski definition) is 6. The zero-order chi connectivity index (χ0) is 18.8. The predicted octanol–water partition coefficient (Wildman–Crippen LogP) is 2.92. The third-order valence-corrected chi connectivity index (χ3v) is 6.48. The smallest absolute Gasteiger partial charge is 0.139 e. The number of nitrogens with zero attached hydrogens (tertiary/aromatic N) is 5. The summed E-state index contributed by atoms with van der Waals surface area (Å²) in [5.74, 6) is 1.11. The molecular formula is C22H31N5O. The maximum Gasteiger partial charge on any atom is 0.139 e. The second kappa shape index (κ2) is 8.21. The molecule has 1 unspecified atom stereocenters. The van der Waals surface area contributed by atoms with Crippen molar-refractivity contribution in [3.05, 3.63) is 24.5 Å². The highest BCUT2D eigenvalue weighted by Crippen LogP contribution is 2.30. The summed E-state index contributed by atoms with van der Waals surface area (Å²) in [6, 6.07) is 6.69. The number of fused-ring (bicyclic) bond motifs is 1. The van der Waals surface area contributed by atoms with E-state index in [9.17, 15) is 0 Å². The SMILES string of the molecule is c1nc(N2CCCC2)c2cc(N3CCN(CC4CCCCO4)CC3)ccc2n1. The summed E-state index contributed by atoms with van der Waals surface area (Å²) in [4.78, 5) is 16.6. The van der Waals surface area contributed by atoms with Crippen LogP contribution in [0.4, 0.5) is 11.5 Å². The molecule has 0 radical (unpaired) electrons. The second-order valence-corrected chi connectivity index (χ2v) is 8.37. The molecule has 0 spiro atoms. The molecule has 3 aliphatic rings. The lowest BCUT2D eigenvalue weighted by Gasteiger charge is -2.38. The third kappa shape index (κ3) is 3.80. The van der Waals surface area contributed by atoms with Crippen LogP contribution in [0.15, 0.2) is 24.5 Å². The fourth-order valence-electron chi connectivity index (χ4n) is 4.84. The molecule has 1 aromatic heterocycles.